The van der Waals surface area contributed by atoms with Crippen molar-refractivity contribution in [2.45, 2.75) is 0 Å². The number of hydrogen-bond donors (Lipinski definition) is 3. The Morgan fingerprint density at radius 2 is 1.65 bits per heavy atom. The molecule has 0 heterocycles. The van der Waals surface area contributed by atoms with Crippen LogP contribution in [0.3, 0.4) is 0 Å². The van der Waals surface area contributed by atoms with Crippen LogP contribution in [0.2, 0.25) is 0 Å². The zero-order valence-corrected chi connectivity index (χ0v) is 10.5. The summed E-state index contributed by atoms with van der Waals surface area (Å²) in [4.78, 5) is 22.6. The number of carbonyl (C=O) groups is 2. The van der Waals surface area contributed by atoms with Gasteiger partial charge in [0.1, 0.15) is 5.75 Å². The van der Waals surface area contributed by atoms with Gasteiger partial charge in [0, 0.05) is 5.69 Å². The van der Waals surface area contributed by atoms with Crippen LogP contribution in [0.1, 0.15) is 20.7 Å². The van der Waals surface area contributed by atoms with Crippen LogP contribution in [0.4, 0.5) is 5.69 Å². The predicted molar refractivity (Wildman–Crippen MR) is 74.3 cm³/mol. The Kier molecular flexibility index (Phi) is 4.00. The van der Waals surface area contributed by atoms with Crippen molar-refractivity contribution >= 4 is 17.4 Å². The number of carboxylic acid groups (broad SMARTS) is 1. The predicted octanol–water partition coefficient (Wildman–Crippen LogP) is 2.39. The number of aromatic carboxylic acids is 1. The number of ketones is 1. The number of benzene rings is 2. The van der Waals surface area contributed by atoms with Crippen LogP contribution in [0, 0.1) is 0 Å². The molecule has 5 heteroatoms. The number of rotatable bonds is 5. The second-order valence-electron chi connectivity index (χ2n) is 4.18. The monoisotopic (exact) mass is 271 g/mol. The molecule has 3 N–H and O–H groups in total. The number of aromatic hydroxyl groups is 1. The van der Waals surface area contributed by atoms with Gasteiger partial charge in [0.2, 0.25) is 0 Å². The number of para-hydroxylation sites is 1. The number of carboxylic acids is 1. The van der Waals surface area contributed by atoms with E-state index in [9.17, 15) is 14.7 Å². The molecule has 2 aromatic carbocycles. The van der Waals surface area contributed by atoms with Crippen molar-refractivity contribution in [2.24, 2.45) is 0 Å². The van der Waals surface area contributed by atoms with Crippen molar-refractivity contribution in [3.05, 3.63) is 59.7 Å². The molecule has 0 bridgehead atoms. The minimum atomic E-state index is -0.998. The van der Waals surface area contributed by atoms with Gasteiger partial charge in [0.15, 0.2) is 5.78 Å². The van der Waals surface area contributed by atoms with E-state index in [4.69, 9.17) is 5.11 Å². The summed E-state index contributed by atoms with van der Waals surface area (Å²) >= 11 is 0. The van der Waals surface area contributed by atoms with Crippen molar-refractivity contribution in [3.8, 4) is 5.75 Å². The quantitative estimate of drug-likeness (QED) is 0.727. The highest BCUT2D eigenvalue weighted by Crippen LogP contribution is 2.16. The molecule has 0 fully saturated rings. The summed E-state index contributed by atoms with van der Waals surface area (Å²) < 4.78 is 0. The second kappa shape index (κ2) is 5.88. The third kappa shape index (κ3) is 3.14. The number of phenols is 1. The van der Waals surface area contributed by atoms with Crippen LogP contribution in [0.5, 0.6) is 5.75 Å². The van der Waals surface area contributed by atoms with E-state index in [1.807, 2.05) is 0 Å². The molecule has 0 aliphatic heterocycles. The van der Waals surface area contributed by atoms with E-state index in [1.165, 1.54) is 18.2 Å². The summed E-state index contributed by atoms with van der Waals surface area (Å²) in [5.74, 6) is -1.30. The molecule has 2 rings (SSSR count). The van der Waals surface area contributed by atoms with Crippen molar-refractivity contribution in [2.75, 3.05) is 11.9 Å². The maximum atomic E-state index is 11.9. The van der Waals surface area contributed by atoms with Crippen LogP contribution in [0.25, 0.3) is 0 Å². The SMILES string of the molecule is O=C(O)c1ccc(NCC(=O)c2ccccc2O)cc1. The molecule has 0 saturated heterocycles. The molecule has 102 valence electrons. The fourth-order valence-electron chi connectivity index (χ4n) is 1.72. The molecule has 20 heavy (non-hydrogen) atoms. The summed E-state index contributed by atoms with van der Waals surface area (Å²) in [6.45, 7) is 0.0178. The van der Waals surface area contributed by atoms with Gasteiger partial charge in [0.25, 0.3) is 0 Å². The van der Waals surface area contributed by atoms with Crippen molar-refractivity contribution in [3.63, 3.8) is 0 Å². The zero-order chi connectivity index (χ0) is 14.5. The molecule has 5 nitrogen and oxygen atoms in total. The third-order valence-electron chi connectivity index (χ3n) is 2.79. The van der Waals surface area contributed by atoms with Gasteiger partial charge in [-0.3, -0.25) is 4.79 Å². The van der Waals surface area contributed by atoms with Crippen LogP contribution in [-0.4, -0.2) is 28.5 Å². The number of phenolic OH excluding ortho intramolecular Hbond substituents is 1. The number of Topliss-reactive ketones (excluding diaryl/α,β-unsaturated/α-hetero) is 1. The highest BCUT2D eigenvalue weighted by atomic mass is 16.4. The van der Waals surface area contributed by atoms with Crippen LogP contribution in [-0.2, 0) is 0 Å². The molecular formula is C15H13NO4. The molecule has 0 spiro atoms. The normalized spacial score (nSPS) is 10.0. The summed E-state index contributed by atoms with van der Waals surface area (Å²) in [5, 5.41) is 21.2. The Labute approximate surface area is 115 Å². The molecule has 0 saturated carbocycles. The smallest absolute Gasteiger partial charge is 0.335 e. The summed E-state index contributed by atoms with van der Waals surface area (Å²) in [5.41, 5.74) is 1.07. The number of carbonyl (C=O) groups excluding carboxylic acids is 1. The summed E-state index contributed by atoms with van der Waals surface area (Å²) in [6, 6.07) is 12.4. The highest BCUT2D eigenvalue weighted by Gasteiger charge is 2.10. The lowest BCUT2D eigenvalue weighted by Gasteiger charge is -2.07. The van der Waals surface area contributed by atoms with E-state index in [0.717, 1.165) is 0 Å². The zero-order valence-electron chi connectivity index (χ0n) is 10.5. The van der Waals surface area contributed by atoms with Gasteiger partial charge in [-0.15, -0.1) is 0 Å². The molecule has 0 aliphatic carbocycles. The van der Waals surface area contributed by atoms with E-state index in [0.29, 0.717) is 5.69 Å². The summed E-state index contributed by atoms with van der Waals surface area (Å²) in [6.07, 6.45) is 0. The molecule has 0 aliphatic rings. The lowest BCUT2D eigenvalue weighted by molar-refractivity contribution is 0.0696. The average molecular weight is 271 g/mol. The Balaban J connectivity index is 2.00. The van der Waals surface area contributed by atoms with Gasteiger partial charge in [-0.05, 0) is 36.4 Å². The van der Waals surface area contributed by atoms with E-state index in [2.05, 4.69) is 5.32 Å². The summed E-state index contributed by atoms with van der Waals surface area (Å²) in [7, 11) is 0. The van der Waals surface area contributed by atoms with Gasteiger partial charge in [-0.2, -0.15) is 0 Å². The van der Waals surface area contributed by atoms with Gasteiger partial charge in [-0.1, -0.05) is 12.1 Å². The maximum Gasteiger partial charge on any atom is 0.335 e. The van der Waals surface area contributed by atoms with Crippen molar-refractivity contribution in [1.29, 1.82) is 0 Å². The molecule has 0 aromatic heterocycles. The standard InChI is InChI=1S/C15H13NO4/c17-13-4-2-1-3-12(13)14(18)9-16-11-7-5-10(6-8-11)15(19)20/h1-8,16-17H,9H2,(H,19,20). The minimum absolute atomic E-state index is 0.0178. The molecule has 0 unspecified atom stereocenters. The number of hydrogen-bond acceptors (Lipinski definition) is 4. The van der Waals surface area contributed by atoms with E-state index in [1.54, 1.807) is 30.3 Å². The fourth-order valence-corrected chi connectivity index (χ4v) is 1.72. The Bertz CT molecular complexity index is 635. The van der Waals surface area contributed by atoms with Gasteiger partial charge in [0.05, 0.1) is 17.7 Å². The van der Waals surface area contributed by atoms with Crippen LogP contribution in [0.15, 0.2) is 48.5 Å². The highest BCUT2D eigenvalue weighted by molar-refractivity contribution is 6.01. The van der Waals surface area contributed by atoms with Gasteiger partial charge in [-0.25, -0.2) is 4.79 Å². The lowest BCUT2D eigenvalue weighted by Crippen LogP contribution is -2.14. The van der Waals surface area contributed by atoms with E-state index < -0.39 is 5.97 Å². The Morgan fingerprint density at radius 3 is 2.25 bits per heavy atom. The lowest BCUT2D eigenvalue weighted by atomic mass is 10.1. The topological polar surface area (TPSA) is 86.6 Å². The van der Waals surface area contributed by atoms with Gasteiger partial charge < -0.3 is 15.5 Å². The number of nitrogens with one attached hydrogen (secondary N) is 1. The third-order valence-corrected chi connectivity index (χ3v) is 2.79. The molecule has 0 amide bonds. The van der Waals surface area contributed by atoms with Crippen molar-refractivity contribution in [1.82, 2.24) is 0 Å². The largest absolute Gasteiger partial charge is 0.507 e. The number of anilines is 1. The van der Waals surface area contributed by atoms with Crippen LogP contribution < -0.4 is 5.32 Å². The van der Waals surface area contributed by atoms with Gasteiger partial charge >= 0.3 is 5.97 Å². The van der Waals surface area contributed by atoms with E-state index in [-0.39, 0.29) is 29.2 Å². The maximum absolute atomic E-state index is 11.9. The fraction of sp³-hybridized carbons (Fsp3) is 0.0667. The second-order valence-corrected chi connectivity index (χ2v) is 4.18. The molecule has 2 aromatic rings. The van der Waals surface area contributed by atoms with E-state index >= 15 is 0 Å². The van der Waals surface area contributed by atoms with Crippen LogP contribution >= 0.6 is 0 Å². The first-order chi connectivity index (χ1) is 9.58. The first kappa shape index (κ1) is 13.6. The molecular weight excluding hydrogens is 258 g/mol. The first-order valence-corrected chi connectivity index (χ1v) is 5.96. The van der Waals surface area contributed by atoms with Crippen molar-refractivity contribution < 1.29 is 19.8 Å². The average Bonchev–Trinajstić information content (AvgIpc) is 2.45. The Morgan fingerprint density at radius 1 is 1.00 bits per heavy atom. The first-order valence-electron chi connectivity index (χ1n) is 5.96. The Hall–Kier alpha value is -2.82. The molecule has 0 radical (unpaired) electrons. The molecule has 0 atom stereocenters. The minimum Gasteiger partial charge on any atom is -0.507 e.